The highest BCUT2D eigenvalue weighted by Crippen LogP contribution is 2.40. The second kappa shape index (κ2) is 9.56. The van der Waals surface area contributed by atoms with Crippen LogP contribution in [0.5, 0.6) is 11.5 Å². The average Bonchev–Trinajstić information content (AvgIpc) is 3.15. The van der Waals surface area contributed by atoms with E-state index < -0.39 is 29.4 Å². The number of para-hydroxylation sites is 1. The molecule has 0 saturated carbocycles. The summed E-state index contributed by atoms with van der Waals surface area (Å²) in [6.07, 6.45) is -2.27. The van der Waals surface area contributed by atoms with Gasteiger partial charge in [-0.1, -0.05) is 23.8 Å². The summed E-state index contributed by atoms with van der Waals surface area (Å²) in [5.74, 6) is -1.20. The predicted octanol–water partition coefficient (Wildman–Crippen LogP) is 5.15. The van der Waals surface area contributed by atoms with Crippen LogP contribution in [0, 0.1) is 6.92 Å². The van der Waals surface area contributed by atoms with Crippen molar-refractivity contribution in [3.05, 3.63) is 63.7 Å². The monoisotopic (exact) mass is 463 g/mol. The summed E-state index contributed by atoms with van der Waals surface area (Å²) in [4.78, 5) is 24.2. The van der Waals surface area contributed by atoms with Crippen molar-refractivity contribution in [3.63, 3.8) is 0 Å². The van der Waals surface area contributed by atoms with Crippen molar-refractivity contribution in [1.82, 2.24) is 0 Å². The zero-order valence-corrected chi connectivity index (χ0v) is 18.5. The first kappa shape index (κ1) is 24.2. The second-order valence-corrected chi connectivity index (χ2v) is 7.70. The molecule has 0 fully saturated rings. The van der Waals surface area contributed by atoms with Crippen LogP contribution in [0.15, 0.2) is 35.9 Å². The highest BCUT2D eigenvalue weighted by molar-refractivity contribution is 6.00. The summed E-state index contributed by atoms with van der Waals surface area (Å²) in [6, 6.07) is 4.57. The highest BCUT2D eigenvalue weighted by atomic mass is 19.4. The third kappa shape index (κ3) is 5.13. The summed E-state index contributed by atoms with van der Waals surface area (Å²) in [6.45, 7) is 3.76. The Morgan fingerprint density at radius 2 is 1.94 bits per heavy atom. The number of benzene rings is 2. The molecule has 0 saturated heterocycles. The molecule has 0 radical (unpaired) electrons. The molecule has 2 N–H and O–H groups in total. The van der Waals surface area contributed by atoms with Gasteiger partial charge in [-0.25, -0.2) is 4.79 Å². The van der Waals surface area contributed by atoms with Gasteiger partial charge in [0.2, 0.25) is 0 Å². The average molecular weight is 463 g/mol. The third-order valence-corrected chi connectivity index (χ3v) is 5.51. The Kier molecular flexibility index (Phi) is 7.00. The largest absolute Gasteiger partial charge is 0.496 e. The lowest BCUT2D eigenvalue weighted by molar-refractivity contribution is -0.142. The molecule has 33 heavy (non-hydrogen) atoms. The van der Waals surface area contributed by atoms with E-state index in [-0.39, 0.29) is 19.4 Å². The van der Waals surface area contributed by atoms with Crippen molar-refractivity contribution >= 4 is 17.6 Å². The van der Waals surface area contributed by atoms with Gasteiger partial charge in [0.25, 0.3) is 0 Å². The minimum Gasteiger partial charge on any atom is -0.496 e. The minimum absolute atomic E-state index is 0.101. The fourth-order valence-corrected chi connectivity index (χ4v) is 3.73. The van der Waals surface area contributed by atoms with Gasteiger partial charge in [0.15, 0.2) is 0 Å². The van der Waals surface area contributed by atoms with Gasteiger partial charge in [0.1, 0.15) is 18.1 Å². The number of carbonyl (C=O) groups excluding carboxylic acids is 2. The Morgan fingerprint density at radius 1 is 1.24 bits per heavy atom. The summed E-state index contributed by atoms with van der Waals surface area (Å²) < 4.78 is 54.7. The van der Waals surface area contributed by atoms with Crippen molar-refractivity contribution in [1.29, 1.82) is 0 Å². The normalized spacial score (nSPS) is 13.5. The number of rotatable bonds is 7. The molecule has 6 nitrogen and oxygen atoms in total. The molecule has 0 amide bonds. The van der Waals surface area contributed by atoms with Crippen LogP contribution in [-0.2, 0) is 28.7 Å². The third-order valence-electron chi connectivity index (χ3n) is 5.51. The number of anilines is 1. The molecule has 0 aliphatic carbocycles. The number of hydrogen-bond donors (Lipinski definition) is 1. The fraction of sp³-hybridized carbons (Fsp3) is 0.333. The van der Waals surface area contributed by atoms with Gasteiger partial charge in [0.05, 0.1) is 23.9 Å². The number of nitrogen functional groups attached to an aromatic ring is 1. The molecule has 2 aromatic carbocycles. The SMILES string of the molecule is COc1c(C)c2c(c(N)c1C/C=C(\C)CCC(=O)Oc1ccccc1C(F)(F)F)C(=O)OC2. The van der Waals surface area contributed by atoms with Gasteiger partial charge in [-0.05, 0) is 44.4 Å². The Morgan fingerprint density at radius 3 is 2.61 bits per heavy atom. The zero-order chi connectivity index (χ0) is 24.3. The molecule has 0 atom stereocenters. The molecule has 1 aliphatic heterocycles. The van der Waals surface area contributed by atoms with Gasteiger partial charge in [0, 0.05) is 17.5 Å². The van der Waals surface area contributed by atoms with Crippen LogP contribution in [0.25, 0.3) is 0 Å². The molecule has 0 aromatic heterocycles. The number of ether oxygens (including phenoxy) is 3. The van der Waals surface area contributed by atoms with Gasteiger partial charge in [-0.3, -0.25) is 4.79 Å². The lowest BCUT2D eigenvalue weighted by Crippen LogP contribution is -2.13. The summed E-state index contributed by atoms with van der Waals surface area (Å²) in [7, 11) is 1.51. The van der Waals surface area contributed by atoms with Crippen molar-refractivity contribution in [3.8, 4) is 11.5 Å². The van der Waals surface area contributed by atoms with Gasteiger partial charge in [-0.15, -0.1) is 0 Å². The lowest BCUT2D eigenvalue weighted by Gasteiger charge is -2.16. The fourth-order valence-electron chi connectivity index (χ4n) is 3.73. The Labute approximate surface area is 189 Å². The van der Waals surface area contributed by atoms with E-state index in [1.54, 1.807) is 6.92 Å². The molecule has 1 heterocycles. The maximum atomic E-state index is 13.1. The summed E-state index contributed by atoms with van der Waals surface area (Å²) in [5.41, 5.74) is 8.80. The number of alkyl halides is 3. The van der Waals surface area contributed by atoms with Gasteiger partial charge >= 0.3 is 18.1 Å². The van der Waals surface area contributed by atoms with E-state index in [2.05, 4.69) is 0 Å². The van der Waals surface area contributed by atoms with Crippen LogP contribution in [0.2, 0.25) is 0 Å². The van der Waals surface area contributed by atoms with Crippen LogP contribution in [-0.4, -0.2) is 19.0 Å². The molecule has 0 bridgehead atoms. The van der Waals surface area contributed by atoms with E-state index in [9.17, 15) is 22.8 Å². The molecule has 0 spiro atoms. The van der Waals surface area contributed by atoms with Crippen LogP contribution in [0.3, 0.4) is 0 Å². The van der Waals surface area contributed by atoms with Gasteiger partial charge < -0.3 is 19.9 Å². The summed E-state index contributed by atoms with van der Waals surface area (Å²) in [5, 5.41) is 0. The number of cyclic esters (lactones) is 1. The molecule has 2 aromatic rings. The maximum absolute atomic E-state index is 13.1. The van der Waals surface area contributed by atoms with Crippen LogP contribution >= 0.6 is 0 Å². The molecule has 1 aliphatic rings. The quantitative estimate of drug-likeness (QED) is 0.265. The minimum atomic E-state index is -4.62. The molecule has 3 rings (SSSR count). The number of esters is 2. The topological polar surface area (TPSA) is 87.9 Å². The number of nitrogens with two attached hydrogens (primary N) is 1. The Bertz CT molecular complexity index is 1120. The van der Waals surface area contributed by atoms with Crippen molar-refractivity contribution in [2.45, 2.75) is 45.9 Å². The van der Waals surface area contributed by atoms with E-state index >= 15 is 0 Å². The van der Waals surface area contributed by atoms with Crippen molar-refractivity contribution in [2.24, 2.45) is 0 Å². The van der Waals surface area contributed by atoms with E-state index in [1.165, 1.54) is 19.2 Å². The van der Waals surface area contributed by atoms with E-state index in [0.717, 1.165) is 23.3 Å². The smallest absolute Gasteiger partial charge is 0.419 e. The van der Waals surface area contributed by atoms with Crippen LogP contribution < -0.4 is 15.2 Å². The number of halogens is 3. The van der Waals surface area contributed by atoms with Crippen molar-refractivity contribution < 1.29 is 37.0 Å². The second-order valence-electron chi connectivity index (χ2n) is 7.70. The summed E-state index contributed by atoms with van der Waals surface area (Å²) >= 11 is 0. The van der Waals surface area contributed by atoms with Crippen molar-refractivity contribution in [2.75, 3.05) is 12.8 Å². The number of carbonyl (C=O) groups is 2. The number of allylic oxidation sites excluding steroid dienone is 2. The van der Waals surface area contributed by atoms with Crippen LogP contribution in [0.1, 0.15) is 52.4 Å². The number of fused-ring (bicyclic) bond motifs is 1. The molecule has 9 heteroatoms. The highest BCUT2D eigenvalue weighted by Gasteiger charge is 2.34. The molecule has 176 valence electrons. The first-order valence-electron chi connectivity index (χ1n) is 10.2. The molecular formula is C24H24F3NO5. The molecule has 0 unspecified atom stereocenters. The van der Waals surface area contributed by atoms with E-state index in [1.807, 2.05) is 13.0 Å². The van der Waals surface area contributed by atoms with E-state index in [4.69, 9.17) is 19.9 Å². The molecular weight excluding hydrogens is 439 g/mol. The van der Waals surface area contributed by atoms with Crippen LogP contribution in [0.4, 0.5) is 18.9 Å². The van der Waals surface area contributed by atoms with Gasteiger partial charge in [-0.2, -0.15) is 13.2 Å². The maximum Gasteiger partial charge on any atom is 0.419 e. The standard InChI is InChI=1S/C24H24F3NO5/c1-13(9-11-19(29)33-18-7-5-4-6-17(18)24(25,26)27)8-10-15-21(28)20-16(12-32-23(20)30)14(2)22(15)31-3/h4-8H,9-12,28H2,1-3H3/b13-8+. The Balaban J connectivity index is 1.69. The predicted molar refractivity (Wildman–Crippen MR) is 115 cm³/mol. The first-order chi connectivity index (χ1) is 15.5. The Hall–Kier alpha value is -3.49. The number of hydrogen-bond acceptors (Lipinski definition) is 6. The zero-order valence-electron chi connectivity index (χ0n) is 18.5. The van der Waals surface area contributed by atoms with E-state index in [0.29, 0.717) is 34.5 Å². The lowest BCUT2D eigenvalue weighted by atomic mass is 9.94. The number of methoxy groups -OCH3 is 1. The first-order valence-corrected chi connectivity index (χ1v) is 10.2.